The van der Waals surface area contributed by atoms with E-state index in [0.717, 1.165) is 32.1 Å². The Morgan fingerprint density at radius 1 is 1.17 bits per heavy atom. The van der Waals surface area contributed by atoms with Crippen molar-refractivity contribution in [2.45, 2.75) is 64.5 Å². The number of nitrogens with zero attached hydrogens (tertiary/aromatic N) is 2. The number of hydrogen-bond donors (Lipinski definition) is 0. The molecule has 2 heterocycles. The Morgan fingerprint density at radius 3 is 2.69 bits per heavy atom. The second-order valence-electron chi connectivity index (χ2n) is 8.25. The molecule has 1 unspecified atom stereocenters. The standard InChI is InChI=1S/C24H30N2O2S/c1-3-4-9-22(27)26(18-10-11-18)16-23(28)25-14-12-21-20(13-15-29-21)24(25)19-8-6-5-7-17(19)2/h5-8,13,15,18,24H,3-4,9-12,14,16H2,1-2H3. The fraction of sp³-hybridized carbons (Fsp3) is 0.500. The maximum Gasteiger partial charge on any atom is 0.243 e. The highest BCUT2D eigenvalue weighted by molar-refractivity contribution is 7.10. The van der Waals surface area contributed by atoms with Crippen LogP contribution < -0.4 is 0 Å². The summed E-state index contributed by atoms with van der Waals surface area (Å²) < 4.78 is 0. The molecule has 29 heavy (non-hydrogen) atoms. The van der Waals surface area contributed by atoms with Crippen molar-refractivity contribution in [1.82, 2.24) is 9.80 Å². The Hall–Kier alpha value is -2.14. The lowest BCUT2D eigenvalue weighted by atomic mass is 9.90. The van der Waals surface area contributed by atoms with Gasteiger partial charge in [-0.2, -0.15) is 0 Å². The molecule has 1 aromatic carbocycles. The minimum Gasteiger partial charge on any atom is -0.330 e. The molecule has 1 aliphatic carbocycles. The highest BCUT2D eigenvalue weighted by Crippen LogP contribution is 2.39. The fourth-order valence-electron chi connectivity index (χ4n) is 4.33. The molecule has 1 aromatic heterocycles. The lowest BCUT2D eigenvalue weighted by Crippen LogP contribution is -2.47. The van der Waals surface area contributed by atoms with Crippen molar-refractivity contribution in [3.8, 4) is 0 Å². The molecule has 1 atom stereocenters. The minimum atomic E-state index is -0.0505. The Morgan fingerprint density at radius 2 is 1.97 bits per heavy atom. The third kappa shape index (κ3) is 4.25. The van der Waals surface area contributed by atoms with Crippen LogP contribution in [0.4, 0.5) is 0 Å². The zero-order chi connectivity index (χ0) is 20.4. The molecule has 1 saturated carbocycles. The molecule has 2 amide bonds. The van der Waals surface area contributed by atoms with Gasteiger partial charge in [0.05, 0.1) is 6.04 Å². The Labute approximate surface area is 177 Å². The molecule has 0 N–H and O–H groups in total. The number of amides is 2. The van der Waals surface area contributed by atoms with Gasteiger partial charge < -0.3 is 9.80 Å². The molecule has 2 aromatic rings. The second kappa shape index (κ2) is 8.70. The molecular weight excluding hydrogens is 380 g/mol. The summed E-state index contributed by atoms with van der Waals surface area (Å²) in [5.74, 6) is 0.218. The molecule has 0 spiro atoms. The third-order valence-corrected chi connectivity index (χ3v) is 7.12. The molecular formula is C24H30N2O2S. The molecule has 0 bridgehead atoms. The monoisotopic (exact) mass is 410 g/mol. The van der Waals surface area contributed by atoms with E-state index in [4.69, 9.17) is 0 Å². The first-order valence-electron chi connectivity index (χ1n) is 10.8. The number of carbonyl (C=O) groups is 2. The van der Waals surface area contributed by atoms with Gasteiger partial charge in [-0.05, 0) is 60.7 Å². The third-order valence-electron chi connectivity index (χ3n) is 6.13. The van der Waals surface area contributed by atoms with Crippen LogP contribution in [0.2, 0.25) is 0 Å². The lowest BCUT2D eigenvalue weighted by molar-refractivity contribution is -0.142. The first-order valence-corrected chi connectivity index (χ1v) is 11.7. The minimum absolute atomic E-state index is 0.0505. The second-order valence-corrected chi connectivity index (χ2v) is 9.25. The van der Waals surface area contributed by atoms with Gasteiger partial charge in [0.25, 0.3) is 0 Å². The number of unbranched alkanes of at least 4 members (excludes halogenated alkanes) is 1. The van der Waals surface area contributed by atoms with E-state index in [1.165, 1.54) is 21.6 Å². The van der Waals surface area contributed by atoms with E-state index in [-0.39, 0.29) is 30.4 Å². The number of fused-ring (bicyclic) bond motifs is 1. The van der Waals surface area contributed by atoms with Crippen LogP contribution in [0.5, 0.6) is 0 Å². The maximum absolute atomic E-state index is 13.5. The summed E-state index contributed by atoms with van der Waals surface area (Å²) in [6.07, 6.45) is 5.40. The van der Waals surface area contributed by atoms with Crippen LogP contribution in [-0.2, 0) is 16.0 Å². The van der Waals surface area contributed by atoms with Gasteiger partial charge in [-0.3, -0.25) is 9.59 Å². The van der Waals surface area contributed by atoms with Gasteiger partial charge in [0, 0.05) is 23.9 Å². The van der Waals surface area contributed by atoms with Gasteiger partial charge >= 0.3 is 0 Å². The lowest BCUT2D eigenvalue weighted by Gasteiger charge is -2.38. The number of hydrogen-bond acceptors (Lipinski definition) is 3. The number of carbonyl (C=O) groups excluding carboxylic acids is 2. The summed E-state index contributed by atoms with van der Waals surface area (Å²) in [6, 6.07) is 10.7. The largest absolute Gasteiger partial charge is 0.330 e. The van der Waals surface area contributed by atoms with Gasteiger partial charge in [0.2, 0.25) is 11.8 Å². The first kappa shape index (κ1) is 20.1. The van der Waals surface area contributed by atoms with Gasteiger partial charge in [-0.1, -0.05) is 37.6 Å². The van der Waals surface area contributed by atoms with Crippen LogP contribution in [0.1, 0.15) is 66.6 Å². The van der Waals surface area contributed by atoms with Crippen molar-refractivity contribution < 1.29 is 9.59 Å². The summed E-state index contributed by atoms with van der Waals surface area (Å²) in [5.41, 5.74) is 3.64. The number of rotatable bonds is 7. The zero-order valence-corrected chi connectivity index (χ0v) is 18.2. The van der Waals surface area contributed by atoms with E-state index in [0.29, 0.717) is 13.0 Å². The van der Waals surface area contributed by atoms with E-state index in [1.807, 2.05) is 15.9 Å². The highest BCUT2D eigenvalue weighted by Gasteiger charge is 2.38. The highest BCUT2D eigenvalue weighted by atomic mass is 32.1. The van der Waals surface area contributed by atoms with Crippen LogP contribution in [-0.4, -0.2) is 40.7 Å². The summed E-state index contributed by atoms with van der Waals surface area (Å²) in [6.45, 7) is 5.14. The van der Waals surface area contributed by atoms with Crippen LogP contribution >= 0.6 is 11.3 Å². The van der Waals surface area contributed by atoms with Crippen LogP contribution in [0, 0.1) is 6.92 Å². The van der Waals surface area contributed by atoms with Crippen molar-refractivity contribution in [3.63, 3.8) is 0 Å². The van der Waals surface area contributed by atoms with Crippen molar-refractivity contribution in [3.05, 3.63) is 57.3 Å². The Bertz CT molecular complexity index is 887. The van der Waals surface area contributed by atoms with Crippen molar-refractivity contribution >= 4 is 23.2 Å². The van der Waals surface area contributed by atoms with Crippen molar-refractivity contribution in [1.29, 1.82) is 0 Å². The van der Waals surface area contributed by atoms with E-state index >= 15 is 0 Å². The van der Waals surface area contributed by atoms with Gasteiger partial charge in [-0.25, -0.2) is 0 Å². The predicted molar refractivity (Wildman–Crippen MR) is 117 cm³/mol. The molecule has 1 fully saturated rings. The number of aryl methyl sites for hydroxylation is 1. The predicted octanol–water partition coefficient (Wildman–Crippen LogP) is 4.71. The fourth-order valence-corrected chi connectivity index (χ4v) is 5.23. The SMILES string of the molecule is CCCCC(=O)N(CC(=O)N1CCc2sccc2C1c1ccccc1C)C1CC1. The molecule has 0 radical (unpaired) electrons. The molecule has 5 heteroatoms. The van der Waals surface area contributed by atoms with Crippen molar-refractivity contribution in [2.75, 3.05) is 13.1 Å². The topological polar surface area (TPSA) is 40.6 Å². The summed E-state index contributed by atoms with van der Waals surface area (Å²) in [7, 11) is 0. The molecule has 4 rings (SSSR count). The van der Waals surface area contributed by atoms with Gasteiger partial charge in [-0.15, -0.1) is 11.3 Å². The van der Waals surface area contributed by atoms with E-state index in [9.17, 15) is 9.59 Å². The average molecular weight is 411 g/mol. The first-order chi connectivity index (χ1) is 14.1. The van der Waals surface area contributed by atoms with Crippen LogP contribution in [0.15, 0.2) is 35.7 Å². The number of benzene rings is 1. The van der Waals surface area contributed by atoms with E-state index < -0.39 is 0 Å². The number of thiophene rings is 1. The summed E-state index contributed by atoms with van der Waals surface area (Å²) in [4.78, 5) is 31.4. The smallest absolute Gasteiger partial charge is 0.243 e. The van der Waals surface area contributed by atoms with Crippen LogP contribution in [0.3, 0.4) is 0 Å². The molecule has 2 aliphatic rings. The molecule has 154 valence electrons. The zero-order valence-electron chi connectivity index (χ0n) is 17.4. The van der Waals surface area contributed by atoms with Crippen LogP contribution in [0.25, 0.3) is 0 Å². The summed E-state index contributed by atoms with van der Waals surface area (Å²) >= 11 is 1.78. The van der Waals surface area contributed by atoms with E-state index in [2.05, 4.69) is 43.5 Å². The van der Waals surface area contributed by atoms with E-state index in [1.54, 1.807) is 11.3 Å². The van der Waals surface area contributed by atoms with Gasteiger partial charge in [0.15, 0.2) is 0 Å². The summed E-state index contributed by atoms with van der Waals surface area (Å²) in [5, 5.41) is 2.13. The Kier molecular flexibility index (Phi) is 6.04. The Balaban J connectivity index is 1.59. The van der Waals surface area contributed by atoms with Crippen molar-refractivity contribution in [2.24, 2.45) is 0 Å². The normalized spacial score (nSPS) is 18.4. The molecule has 1 aliphatic heterocycles. The average Bonchev–Trinajstić information content (AvgIpc) is 3.45. The van der Waals surface area contributed by atoms with Gasteiger partial charge in [0.1, 0.15) is 6.54 Å². The quantitative estimate of drug-likeness (QED) is 0.663. The molecule has 0 saturated heterocycles. The molecule has 4 nitrogen and oxygen atoms in total. The maximum atomic E-state index is 13.5.